The van der Waals surface area contributed by atoms with Crippen molar-refractivity contribution >= 4 is 45.3 Å². The second-order valence-electron chi connectivity index (χ2n) is 4.15. The normalized spacial score (nSPS) is 19.2. The van der Waals surface area contributed by atoms with Crippen molar-refractivity contribution in [3.63, 3.8) is 0 Å². The predicted octanol–water partition coefficient (Wildman–Crippen LogP) is 1.55. The van der Waals surface area contributed by atoms with Gasteiger partial charge in [0, 0.05) is 22.5 Å². The molecular weight excluding hydrogens is 332 g/mol. The van der Waals surface area contributed by atoms with Crippen molar-refractivity contribution in [3.05, 3.63) is 28.2 Å². The van der Waals surface area contributed by atoms with Gasteiger partial charge in [-0.1, -0.05) is 15.9 Å². The fraction of sp³-hybridized carbons (Fsp3) is 0.333. The molecule has 1 fully saturated rings. The summed E-state index contributed by atoms with van der Waals surface area (Å²) in [4.78, 5) is 24.5. The van der Waals surface area contributed by atoms with E-state index in [0.29, 0.717) is 23.5 Å². The van der Waals surface area contributed by atoms with Gasteiger partial charge in [0.25, 0.3) is 5.91 Å². The molecule has 0 bridgehead atoms. The molecule has 0 aromatic heterocycles. The molecule has 102 valence electrons. The van der Waals surface area contributed by atoms with Crippen LogP contribution >= 0.6 is 27.7 Å². The highest BCUT2D eigenvalue weighted by Crippen LogP contribution is 2.30. The van der Waals surface area contributed by atoms with Crippen LogP contribution in [0.2, 0.25) is 0 Å². The van der Waals surface area contributed by atoms with E-state index >= 15 is 0 Å². The number of nitrogens with zero attached hydrogens (tertiary/aromatic N) is 1. The summed E-state index contributed by atoms with van der Waals surface area (Å²) in [5, 5.41) is 9.29. The number of carboxylic acids is 1. The largest absolute Gasteiger partial charge is 0.480 e. The Labute approximate surface area is 123 Å². The van der Waals surface area contributed by atoms with Crippen LogP contribution in [0.1, 0.15) is 10.4 Å². The van der Waals surface area contributed by atoms with Crippen LogP contribution in [0.25, 0.3) is 0 Å². The number of amides is 1. The van der Waals surface area contributed by atoms with E-state index in [1.807, 2.05) is 0 Å². The fourth-order valence-electron chi connectivity index (χ4n) is 2.05. The highest BCUT2D eigenvalue weighted by atomic mass is 79.9. The Bertz CT molecular complexity index is 524. The minimum Gasteiger partial charge on any atom is -0.480 e. The van der Waals surface area contributed by atoms with Crippen molar-refractivity contribution < 1.29 is 14.7 Å². The average molecular weight is 345 g/mol. The van der Waals surface area contributed by atoms with Gasteiger partial charge in [-0.2, -0.15) is 11.8 Å². The summed E-state index contributed by atoms with van der Waals surface area (Å²) >= 11 is 4.94. The van der Waals surface area contributed by atoms with E-state index in [-0.39, 0.29) is 0 Å². The minimum atomic E-state index is -0.886. The second-order valence-corrected chi connectivity index (χ2v) is 6.21. The van der Waals surface area contributed by atoms with Gasteiger partial charge in [-0.25, -0.2) is 4.79 Å². The van der Waals surface area contributed by atoms with Crippen molar-refractivity contribution in [1.82, 2.24) is 0 Å². The third-order valence-corrected chi connectivity index (χ3v) is 4.46. The number of rotatable bonds is 3. The van der Waals surface area contributed by atoms with Crippen molar-refractivity contribution in [3.8, 4) is 0 Å². The summed E-state index contributed by atoms with van der Waals surface area (Å²) in [7, 11) is 0. The maximum absolute atomic E-state index is 11.5. The number of carbonyl (C=O) groups is 2. The molecule has 2 rings (SSSR count). The van der Waals surface area contributed by atoms with Crippen LogP contribution in [0.15, 0.2) is 22.7 Å². The highest BCUT2D eigenvalue weighted by Gasteiger charge is 2.31. The first-order valence-electron chi connectivity index (χ1n) is 5.67. The zero-order chi connectivity index (χ0) is 14.0. The summed E-state index contributed by atoms with van der Waals surface area (Å²) < 4.78 is 0.787. The number of hydrogen-bond donors (Lipinski definition) is 2. The van der Waals surface area contributed by atoms with Crippen molar-refractivity contribution in [2.75, 3.05) is 23.0 Å². The molecule has 7 heteroatoms. The lowest BCUT2D eigenvalue weighted by molar-refractivity contribution is -0.138. The first-order valence-corrected chi connectivity index (χ1v) is 7.62. The molecule has 0 aliphatic carbocycles. The van der Waals surface area contributed by atoms with Gasteiger partial charge in [0.1, 0.15) is 6.04 Å². The number of carbonyl (C=O) groups excluding carboxylic acids is 1. The van der Waals surface area contributed by atoms with E-state index in [1.165, 1.54) is 0 Å². The summed E-state index contributed by atoms with van der Waals surface area (Å²) in [6, 6.07) is 4.44. The molecule has 1 saturated heterocycles. The van der Waals surface area contributed by atoms with Gasteiger partial charge < -0.3 is 15.7 Å². The van der Waals surface area contributed by atoms with E-state index in [9.17, 15) is 14.7 Å². The number of carboxylic acid groups (broad SMARTS) is 1. The summed E-state index contributed by atoms with van der Waals surface area (Å²) in [6.07, 6.45) is 0. The number of benzene rings is 1. The van der Waals surface area contributed by atoms with Gasteiger partial charge in [0.2, 0.25) is 0 Å². The van der Waals surface area contributed by atoms with Gasteiger partial charge in [-0.15, -0.1) is 0 Å². The van der Waals surface area contributed by atoms with E-state index in [1.54, 1.807) is 34.9 Å². The fourth-order valence-corrected chi connectivity index (χ4v) is 3.43. The molecule has 1 aliphatic rings. The van der Waals surface area contributed by atoms with Crippen LogP contribution in [-0.4, -0.2) is 41.1 Å². The maximum Gasteiger partial charge on any atom is 0.327 e. The monoisotopic (exact) mass is 344 g/mol. The van der Waals surface area contributed by atoms with Gasteiger partial charge in [-0.05, 0) is 18.2 Å². The Morgan fingerprint density at radius 1 is 1.47 bits per heavy atom. The quantitative estimate of drug-likeness (QED) is 0.869. The Hall–Kier alpha value is -1.21. The molecule has 1 aromatic rings. The summed E-state index contributed by atoms with van der Waals surface area (Å²) in [5.74, 6) is -0.110. The van der Waals surface area contributed by atoms with Crippen LogP contribution in [0, 0.1) is 0 Å². The zero-order valence-corrected chi connectivity index (χ0v) is 12.4. The summed E-state index contributed by atoms with van der Waals surface area (Å²) in [6.45, 7) is 0.582. The average Bonchev–Trinajstić information content (AvgIpc) is 2.38. The van der Waals surface area contributed by atoms with E-state index in [2.05, 4.69) is 15.9 Å². The first-order chi connectivity index (χ1) is 9.00. The third-order valence-electron chi connectivity index (χ3n) is 2.95. The standard InChI is InChI=1S/C12H13BrN2O3S/c13-7-1-2-8(11(14)16)9(5-7)15-3-4-19-6-10(15)12(17)18/h1-2,5,10H,3-4,6H2,(H2,14,16)(H,17,18). The number of anilines is 1. The molecule has 1 unspecified atom stereocenters. The van der Waals surface area contributed by atoms with E-state index in [4.69, 9.17) is 5.73 Å². The molecule has 1 aromatic carbocycles. The Morgan fingerprint density at radius 2 is 2.21 bits per heavy atom. The van der Waals surface area contributed by atoms with Crippen molar-refractivity contribution in [2.24, 2.45) is 5.73 Å². The topological polar surface area (TPSA) is 83.6 Å². The van der Waals surface area contributed by atoms with Crippen molar-refractivity contribution in [2.45, 2.75) is 6.04 Å². The molecule has 0 spiro atoms. The first kappa shape index (κ1) is 14.2. The zero-order valence-electron chi connectivity index (χ0n) is 10.0. The smallest absolute Gasteiger partial charge is 0.327 e. The molecule has 19 heavy (non-hydrogen) atoms. The predicted molar refractivity (Wildman–Crippen MR) is 78.8 cm³/mol. The van der Waals surface area contributed by atoms with E-state index < -0.39 is 17.9 Å². The molecule has 1 heterocycles. The van der Waals surface area contributed by atoms with Gasteiger partial charge in [0.05, 0.1) is 11.3 Å². The Balaban J connectivity index is 2.46. The molecule has 0 radical (unpaired) electrons. The van der Waals surface area contributed by atoms with Crippen molar-refractivity contribution in [1.29, 1.82) is 0 Å². The number of primary amides is 1. The van der Waals surface area contributed by atoms with E-state index in [0.717, 1.165) is 10.2 Å². The SMILES string of the molecule is NC(=O)c1ccc(Br)cc1N1CCSCC1C(=O)O. The van der Waals surface area contributed by atoms with Gasteiger partial charge >= 0.3 is 5.97 Å². The Morgan fingerprint density at radius 3 is 2.84 bits per heavy atom. The maximum atomic E-state index is 11.5. The van der Waals surface area contributed by atoms with Crippen LogP contribution < -0.4 is 10.6 Å². The number of hydrogen-bond acceptors (Lipinski definition) is 4. The molecule has 1 aliphatic heterocycles. The highest BCUT2D eigenvalue weighted by molar-refractivity contribution is 9.10. The molecule has 3 N–H and O–H groups in total. The summed E-state index contributed by atoms with van der Waals surface area (Å²) in [5.41, 5.74) is 6.29. The van der Waals surface area contributed by atoms with Gasteiger partial charge in [0.15, 0.2) is 0 Å². The molecular formula is C12H13BrN2O3S. The number of nitrogens with two attached hydrogens (primary N) is 1. The molecule has 1 amide bonds. The van der Waals surface area contributed by atoms with Crippen LogP contribution in [0.3, 0.4) is 0 Å². The number of thioether (sulfide) groups is 1. The lowest BCUT2D eigenvalue weighted by Gasteiger charge is -2.35. The lowest BCUT2D eigenvalue weighted by Crippen LogP contribution is -2.48. The molecule has 1 atom stereocenters. The number of aliphatic carboxylic acids is 1. The third kappa shape index (κ3) is 3.03. The molecule has 5 nitrogen and oxygen atoms in total. The second kappa shape index (κ2) is 5.83. The van der Waals surface area contributed by atoms with Crippen LogP contribution in [-0.2, 0) is 4.79 Å². The van der Waals surface area contributed by atoms with Crippen LogP contribution in [0.5, 0.6) is 0 Å². The molecule has 0 saturated carbocycles. The Kier molecular flexibility index (Phi) is 4.36. The van der Waals surface area contributed by atoms with Gasteiger partial charge in [-0.3, -0.25) is 4.79 Å². The van der Waals surface area contributed by atoms with Crippen LogP contribution in [0.4, 0.5) is 5.69 Å². The lowest BCUT2D eigenvalue weighted by atomic mass is 10.1. The number of halogens is 1. The minimum absolute atomic E-state index is 0.348.